The van der Waals surface area contributed by atoms with E-state index in [-0.39, 0.29) is 0 Å². The van der Waals surface area contributed by atoms with E-state index in [0.717, 1.165) is 32.0 Å². The van der Waals surface area contributed by atoms with Gasteiger partial charge in [-0.25, -0.2) is 4.79 Å². The van der Waals surface area contributed by atoms with Gasteiger partial charge in [-0.15, -0.1) is 0 Å². The summed E-state index contributed by atoms with van der Waals surface area (Å²) in [5.74, 6) is 1.46. The maximum Gasteiger partial charge on any atom is 0.407 e. The number of likely N-dealkylation sites (tertiary alicyclic amines) is 1. The zero-order valence-corrected chi connectivity index (χ0v) is 16.4. The number of hydrogen-bond acceptors (Lipinski definition) is 3. The number of nitrogens with one attached hydrogen (secondary N) is 2. The molecule has 1 fully saturated rings. The number of amides is 1. The van der Waals surface area contributed by atoms with E-state index in [1.807, 2.05) is 20.8 Å². The smallest absolute Gasteiger partial charge is 0.407 e. The van der Waals surface area contributed by atoms with Crippen LogP contribution < -0.4 is 10.6 Å². The number of aliphatic imine (C=N–C) groups is 1. The lowest BCUT2D eigenvalue weighted by Gasteiger charge is -2.22. The third kappa shape index (κ3) is 6.58. The Labute approximate surface area is 157 Å². The Hall–Kier alpha value is -2.24. The van der Waals surface area contributed by atoms with Crippen LogP contribution in [-0.4, -0.2) is 55.3 Å². The number of guanidine groups is 1. The molecule has 26 heavy (non-hydrogen) atoms. The van der Waals surface area contributed by atoms with Crippen LogP contribution in [0.5, 0.6) is 0 Å². The normalized spacial score (nSPS) is 17.9. The number of ether oxygens (including phenoxy) is 1. The van der Waals surface area contributed by atoms with Crippen molar-refractivity contribution in [2.45, 2.75) is 45.6 Å². The second-order valence-electron chi connectivity index (χ2n) is 7.51. The van der Waals surface area contributed by atoms with Gasteiger partial charge in [0.15, 0.2) is 5.96 Å². The van der Waals surface area contributed by atoms with Gasteiger partial charge in [0.1, 0.15) is 5.60 Å². The first kappa shape index (κ1) is 20.1. The lowest BCUT2D eigenvalue weighted by molar-refractivity contribution is 0.0529. The van der Waals surface area contributed by atoms with Gasteiger partial charge < -0.3 is 20.3 Å². The molecule has 0 saturated carbocycles. The highest BCUT2D eigenvalue weighted by molar-refractivity contribution is 5.80. The summed E-state index contributed by atoms with van der Waals surface area (Å²) in [4.78, 5) is 18.6. The first-order valence-electron chi connectivity index (χ1n) is 9.44. The maximum atomic E-state index is 11.7. The monoisotopic (exact) mass is 360 g/mol. The third-order valence-electron chi connectivity index (χ3n) is 4.14. The Bertz CT molecular complexity index is 596. The van der Waals surface area contributed by atoms with Crippen LogP contribution in [0, 0.1) is 0 Å². The van der Waals surface area contributed by atoms with E-state index in [0.29, 0.717) is 19.0 Å². The van der Waals surface area contributed by atoms with Crippen molar-refractivity contribution < 1.29 is 9.53 Å². The molecule has 144 valence electrons. The van der Waals surface area contributed by atoms with E-state index < -0.39 is 11.7 Å². The zero-order chi connectivity index (χ0) is 19.0. The van der Waals surface area contributed by atoms with Crippen LogP contribution in [0.2, 0.25) is 0 Å². The molecule has 1 heterocycles. The van der Waals surface area contributed by atoms with E-state index in [1.54, 1.807) is 0 Å². The molecule has 2 rings (SSSR count). The van der Waals surface area contributed by atoms with E-state index in [9.17, 15) is 4.79 Å². The fourth-order valence-corrected chi connectivity index (χ4v) is 3.01. The van der Waals surface area contributed by atoms with E-state index in [4.69, 9.17) is 4.74 Å². The first-order valence-corrected chi connectivity index (χ1v) is 9.44. The summed E-state index contributed by atoms with van der Waals surface area (Å²) in [6, 6.07) is 10.6. The average Bonchev–Trinajstić information content (AvgIpc) is 3.07. The minimum atomic E-state index is -0.482. The molecule has 0 bridgehead atoms. The predicted molar refractivity (Wildman–Crippen MR) is 106 cm³/mol. The van der Waals surface area contributed by atoms with Crippen molar-refractivity contribution in [1.29, 1.82) is 0 Å². The Balaban J connectivity index is 1.84. The van der Waals surface area contributed by atoms with Crippen LogP contribution in [0.4, 0.5) is 4.79 Å². The average molecular weight is 361 g/mol. The van der Waals surface area contributed by atoms with Gasteiger partial charge in [0.25, 0.3) is 0 Å². The first-order chi connectivity index (χ1) is 12.4. The van der Waals surface area contributed by atoms with Gasteiger partial charge in [-0.05, 0) is 39.7 Å². The van der Waals surface area contributed by atoms with E-state index in [2.05, 4.69) is 57.8 Å². The molecule has 1 atom stereocenters. The summed E-state index contributed by atoms with van der Waals surface area (Å²) < 4.78 is 5.23. The minimum Gasteiger partial charge on any atom is -0.444 e. The molecule has 2 N–H and O–H groups in total. The Morgan fingerprint density at radius 3 is 2.65 bits per heavy atom. The number of hydrogen-bond donors (Lipinski definition) is 2. The number of benzene rings is 1. The maximum absolute atomic E-state index is 11.7. The summed E-state index contributed by atoms with van der Waals surface area (Å²) in [5, 5.41) is 6.10. The summed E-state index contributed by atoms with van der Waals surface area (Å²) in [6.45, 7) is 11.4. The Morgan fingerprint density at radius 1 is 1.27 bits per heavy atom. The second-order valence-corrected chi connectivity index (χ2v) is 7.51. The molecule has 0 aliphatic carbocycles. The van der Waals surface area contributed by atoms with Gasteiger partial charge in [-0.3, -0.25) is 4.99 Å². The topological polar surface area (TPSA) is 66.0 Å². The Morgan fingerprint density at radius 2 is 2.00 bits per heavy atom. The van der Waals surface area contributed by atoms with Crippen molar-refractivity contribution in [3.05, 3.63) is 35.9 Å². The van der Waals surface area contributed by atoms with Crippen molar-refractivity contribution in [3.8, 4) is 0 Å². The largest absolute Gasteiger partial charge is 0.444 e. The summed E-state index contributed by atoms with van der Waals surface area (Å²) in [5.41, 5.74) is 0.905. The molecule has 1 aliphatic rings. The molecule has 1 amide bonds. The van der Waals surface area contributed by atoms with Crippen LogP contribution in [0.3, 0.4) is 0 Å². The predicted octanol–water partition coefficient (Wildman–Crippen LogP) is 2.97. The summed E-state index contributed by atoms with van der Waals surface area (Å²) in [6.07, 6.45) is 0.730. The molecule has 1 aliphatic heterocycles. The van der Waals surface area contributed by atoms with Crippen molar-refractivity contribution in [2.24, 2.45) is 4.99 Å². The number of nitrogens with zero attached hydrogens (tertiary/aromatic N) is 2. The molecule has 1 saturated heterocycles. The van der Waals surface area contributed by atoms with E-state index >= 15 is 0 Å². The number of carbonyl (C=O) groups excluding carboxylic acids is 1. The number of alkyl carbamates (subject to hydrolysis) is 1. The SMILES string of the molecule is CCNC(=NCCNC(=O)OC(C)(C)C)N1CCC(c2ccccc2)C1. The zero-order valence-electron chi connectivity index (χ0n) is 16.4. The van der Waals surface area contributed by atoms with Crippen molar-refractivity contribution in [2.75, 3.05) is 32.7 Å². The molecular formula is C20H32N4O2. The van der Waals surface area contributed by atoms with Gasteiger partial charge in [-0.2, -0.15) is 0 Å². The fourth-order valence-electron chi connectivity index (χ4n) is 3.01. The number of rotatable bonds is 5. The molecule has 0 aromatic heterocycles. The van der Waals surface area contributed by atoms with Gasteiger partial charge in [0.2, 0.25) is 0 Å². The second kappa shape index (κ2) is 9.46. The van der Waals surface area contributed by atoms with Crippen LogP contribution in [-0.2, 0) is 4.74 Å². The Kier molecular flexibility index (Phi) is 7.30. The van der Waals surface area contributed by atoms with Gasteiger partial charge >= 0.3 is 6.09 Å². The van der Waals surface area contributed by atoms with Crippen molar-refractivity contribution in [1.82, 2.24) is 15.5 Å². The fraction of sp³-hybridized carbons (Fsp3) is 0.600. The molecule has 0 radical (unpaired) electrons. The molecular weight excluding hydrogens is 328 g/mol. The third-order valence-corrected chi connectivity index (χ3v) is 4.14. The van der Waals surface area contributed by atoms with Crippen LogP contribution in [0.1, 0.15) is 45.6 Å². The standard InChI is InChI=1S/C20H32N4O2/c1-5-21-18(22-12-13-23-19(25)26-20(2,3)4)24-14-11-17(15-24)16-9-7-6-8-10-16/h6-10,17H,5,11-15H2,1-4H3,(H,21,22)(H,23,25). The summed E-state index contributed by atoms with van der Waals surface area (Å²) >= 11 is 0. The molecule has 0 spiro atoms. The quantitative estimate of drug-likeness (QED) is 0.481. The minimum absolute atomic E-state index is 0.400. The molecule has 1 aromatic rings. The van der Waals surface area contributed by atoms with Crippen molar-refractivity contribution in [3.63, 3.8) is 0 Å². The van der Waals surface area contributed by atoms with Crippen LogP contribution in [0.15, 0.2) is 35.3 Å². The van der Waals surface area contributed by atoms with Crippen LogP contribution in [0.25, 0.3) is 0 Å². The molecule has 6 heteroatoms. The van der Waals surface area contributed by atoms with Gasteiger partial charge in [0.05, 0.1) is 6.54 Å². The van der Waals surface area contributed by atoms with Crippen molar-refractivity contribution >= 4 is 12.1 Å². The number of carbonyl (C=O) groups is 1. The lowest BCUT2D eigenvalue weighted by atomic mass is 9.99. The highest BCUT2D eigenvalue weighted by atomic mass is 16.6. The molecule has 1 unspecified atom stereocenters. The highest BCUT2D eigenvalue weighted by Gasteiger charge is 2.25. The highest BCUT2D eigenvalue weighted by Crippen LogP contribution is 2.26. The lowest BCUT2D eigenvalue weighted by Crippen LogP contribution is -2.40. The molecule has 6 nitrogen and oxygen atoms in total. The van der Waals surface area contributed by atoms with Gasteiger partial charge in [-0.1, -0.05) is 30.3 Å². The van der Waals surface area contributed by atoms with Gasteiger partial charge in [0, 0.05) is 32.1 Å². The van der Waals surface area contributed by atoms with Crippen LogP contribution >= 0.6 is 0 Å². The summed E-state index contributed by atoms with van der Waals surface area (Å²) in [7, 11) is 0. The molecule has 1 aromatic carbocycles. The van der Waals surface area contributed by atoms with E-state index in [1.165, 1.54) is 5.56 Å².